The first-order valence-electron chi connectivity index (χ1n) is 3.48. The molecule has 0 aliphatic heterocycles. The molecule has 0 fully saturated rings. The lowest BCUT2D eigenvalue weighted by atomic mass is 10.1. The number of halogens is 3. The Morgan fingerprint density at radius 1 is 1.43 bits per heavy atom. The predicted molar refractivity (Wildman–Crippen MR) is 49.0 cm³/mol. The number of rotatable bonds is 2. The molecule has 3 nitrogen and oxygen atoms in total. The Hall–Kier alpha value is -0.840. The maximum absolute atomic E-state index is 12.8. The monoisotopic (exact) mass is 238 g/mol. The van der Waals surface area contributed by atoms with E-state index in [1.165, 1.54) is 0 Å². The fourth-order valence-electron chi connectivity index (χ4n) is 0.908. The Balaban J connectivity index is 3.26. The molecule has 0 spiro atoms. The van der Waals surface area contributed by atoms with E-state index in [0.29, 0.717) is 0 Å². The smallest absolute Gasteiger partial charge is 0.337 e. The van der Waals surface area contributed by atoms with Crippen LogP contribution in [0.3, 0.4) is 0 Å². The van der Waals surface area contributed by atoms with Crippen LogP contribution in [0.2, 0.25) is 10.0 Å². The number of hydrogen-bond donors (Lipinski definition) is 2. The maximum Gasteiger partial charge on any atom is 0.337 e. The Kier molecular flexibility index (Phi) is 3.31. The van der Waals surface area contributed by atoms with Gasteiger partial charge < -0.3 is 10.2 Å². The zero-order chi connectivity index (χ0) is 10.9. The van der Waals surface area contributed by atoms with Crippen LogP contribution in [0.1, 0.15) is 11.7 Å². The van der Waals surface area contributed by atoms with Crippen LogP contribution in [-0.2, 0) is 4.79 Å². The molecule has 0 saturated heterocycles. The van der Waals surface area contributed by atoms with Crippen molar-refractivity contribution in [2.45, 2.75) is 6.10 Å². The number of aliphatic hydroxyl groups excluding tert-OH is 1. The minimum Gasteiger partial charge on any atom is -0.479 e. The van der Waals surface area contributed by atoms with Crippen LogP contribution in [0, 0.1) is 5.82 Å². The van der Waals surface area contributed by atoms with Gasteiger partial charge in [-0.25, -0.2) is 9.18 Å². The van der Waals surface area contributed by atoms with Crippen molar-refractivity contribution in [2.24, 2.45) is 0 Å². The van der Waals surface area contributed by atoms with Gasteiger partial charge in [-0.15, -0.1) is 0 Å². The molecule has 0 radical (unpaired) electrons. The summed E-state index contributed by atoms with van der Waals surface area (Å²) in [5.41, 5.74) is -0.260. The average Bonchev–Trinajstić information content (AvgIpc) is 2.09. The van der Waals surface area contributed by atoms with E-state index in [4.69, 9.17) is 33.4 Å². The van der Waals surface area contributed by atoms with E-state index in [0.717, 1.165) is 12.1 Å². The standard InChI is InChI=1S/C8H5Cl2FO3/c9-5-2-3(11)1-4(6(5)10)7(12)8(13)14/h1-2,7,12H,(H,13,14). The fourth-order valence-corrected chi connectivity index (χ4v) is 1.33. The molecule has 6 heteroatoms. The summed E-state index contributed by atoms with van der Waals surface area (Å²) in [5.74, 6) is -2.27. The predicted octanol–water partition coefficient (Wildman–Crippen LogP) is 2.25. The number of carboxylic acid groups (broad SMARTS) is 1. The molecule has 0 heterocycles. The quantitative estimate of drug-likeness (QED) is 0.778. The lowest BCUT2D eigenvalue weighted by Gasteiger charge is -2.09. The van der Waals surface area contributed by atoms with Gasteiger partial charge in [0.1, 0.15) is 5.82 Å². The minimum absolute atomic E-state index is 0.137. The molecule has 76 valence electrons. The molecule has 1 atom stereocenters. The van der Waals surface area contributed by atoms with E-state index >= 15 is 0 Å². The summed E-state index contributed by atoms with van der Waals surface area (Å²) in [6.45, 7) is 0. The molecular weight excluding hydrogens is 234 g/mol. The van der Waals surface area contributed by atoms with Crippen LogP contribution < -0.4 is 0 Å². The number of carboxylic acids is 1. The van der Waals surface area contributed by atoms with Gasteiger partial charge in [0, 0.05) is 5.56 Å². The number of aliphatic carboxylic acids is 1. The molecule has 1 rings (SSSR count). The Morgan fingerprint density at radius 2 is 2.00 bits per heavy atom. The van der Waals surface area contributed by atoms with Crippen LogP contribution in [0.5, 0.6) is 0 Å². The summed E-state index contributed by atoms with van der Waals surface area (Å²) in [6, 6.07) is 1.76. The van der Waals surface area contributed by atoms with E-state index in [2.05, 4.69) is 0 Å². The van der Waals surface area contributed by atoms with Gasteiger partial charge in [0.25, 0.3) is 0 Å². The molecule has 0 amide bonds. The van der Waals surface area contributed by atoms with Crippen LogP contribution in [0.25, 0.3) is 0 Å². The van der Waals surface area contributed by atoms with Gasteiger partial charge in [-0.1, -0.05) is 23.2 Å². The van der Waals surface area contributed by atoms with E-state index in [1.54, 1.807) is 0 Å². The van der Waals surface area contributed by atoms with E-state index in [9.17, 15) is 9.18 Å². The van der Waals surface area contributed by atoms with E-state index in [-0.39, 0.29) is 15.6 Å². The van der Waals surface area contributed by atoms with Crippen molar-refractivity contribution in [3.63, 3.8) is 0 Å². The van der Waals surface area contributed by atoms with Crippen LogP contribution in [-0.4, -0.2) is 16.2 Å². The summed E-state index contributed by atoms with van der Waals surface area (Å²) in [7, 11) is 0. The van der Waals surface area contributed by atoms with Crippen molar-refractivity contribution in [1.29, 1.82) is 0 Å². The Morgan fingerprint density at radius 3 is 2.50 bits per heavy atom. The zero-order valence-electron chi connectivity index (χ0n) is 6.67. The minimum atomic E-state index is -1.88. The van der Waals surface area contributed by atoms with Crippen molar-refractivity contribution in [3.05, 3.63) is 33.6 Å². The number of aliphatic hydroxyl groups is 1. The highest BCUT2D eigenvalue weighted by Crippen LogP contribution is 2.31. The SMILES string of the molecule is O=C(O)C(O)c1cc(F)cc(Cl)c1Cl. The van der Waals surface area contributed by atoms with Gasteiger partial charge >= 0.3 is 5.97 Å². The molecule has 0 bridgehead atoms. The third-order valence-corrected chi connectivity index (χ3v) is 2.37. The van der Waals surface area contributed by atoms with Crippen molar-refractivity contribution >= 4 is 29.2 Å². The molecule has 1 unspecified atom stereocenters. The molecule has 0 saturated carbocycles. The largest absolute Gasteiger partial charge is 0.479 e. The molecule has 14 heavy (non-hydrogen) atoms. The van der Waals surface area contributed by atoms with Crippen LogP contribution in [0.15, 0.2) is 12.1 Å². The highest BCUT2D eigenvalue weighted by molar-refractivity contribution is 6.42. The van der Waals surface area contributed by atoms with Gasteiger partial charge in [-0.3, -0.25) is 0 Å². The van der Waals surface area contributed by atoms with Crippen molar-refractivity contribution < 1.29 is 19.4 Å². The van der Waals surface area contributed by atoms with Gasteiger partial charge in [0.05, 0.1) is 10.0 Å². The first-order chi connectivity index (χ1) is 6.43. The van der Waals surface area contributed by atoms with E-state index < -0.39 is 17.9 Å². The molecule has 2 N–H and O–H groups in total. The van der Waals surface area contributed by atoms with Crippen molar-refractivity contribution in [1.82, 2.24) is 0 Å². The fraction of sp³-hybridized carbons (Fsp3) is 0.125. The van der Waals surface area contributed by atoms with Gasteiger partial charge in [0.2, 0.25) is 0 Å². The molecule has 1 aromatic carbocycles. The van der Waals surface area contributed by atoms with Crippen LogP contribution in [0.4, 0.5) is 4.39 Å². The van der Waals surface area contributed by atoms with Crippen molar-refractivity contribution in [3.8, 4) is 0 Å². The summed E-state index contributed by atoms with van der Waals surface area (Å²) < 4.78 is 12.8. The summed E-state index contributed by atoms with van der Waals surface area (Å²) in [5, 5.41) is 17.3. The number of hydrogen-bond acceptors (Lipinski definition) is 2. The molecule has 1 aromatic rings. The number of benzene rings is 1. The second kappa shape index (κ2) is 4.13. The topological polar surface area (TPSA) is 57.5 Å². The molecule has 0 aromatic heterocycles. The normalized spacial score (nSPS) is 12.6. The Bertz CT molecular complexity index is 381. The van der Waals surface area contributed by atoms with Gasteiger partial charge in [-0.05, 0) is 12.1 Å². The first-order valence-corrected chi connectivity index (χ1v) is 4.24. The Labute approximate surface area is 88.7 Å². The highest BCUT2D eigenvalue weighted by atomic mass is 35.5. The molecule has 0 aliphatic carbocycles. The third-order valence-electron chi connectivity index (χ3n) is 1.55. The van der Waals surface area contributed by atoms with Crippen molar-refractivity contribution in [2.75, 3.05) is 0 Å². The van der Waals surface area contributed by atoms with Gasteiger partial charge in [0.15, 0.2) is 6.10 Å². The highest BCUT2D eigenvalue weighted by Gasteiger charge is 2.21. The summed E-state index contributed by atoms with van der Waals surface area (Å²) in [6.07, 6.45) is -1.88. The molecular formula is C8H5Cl2FO3. The van der Waals surface area contributed by atoms with Crippen LogP contribution >= 0.6 is 23.2 Å². The molecule has 0 aliphatic rings. The zero-order valence-corrected chi connectivity index (χ0v) is 8.18. The second-order valence-electron chi connectivity index (χ2n) is 2.53. The third kappa shape index (κ3) is 2.15. The second-order valence-corrected chi connectivity index (χ2v) is 3.32. The lowest BCUT2D eigenvalue weighted by Crippen LogP contribution is -2.11. The summed E-state index contributed by atoms with van der Waals surface area (Å²) >= 11 is 11.1. The maximum atomic E-state index is 12.8. The lowest BCUT2D eigenvalue weighted by molar-refractivity contribution is -0.146. The average molecular weight is 239 g/mol. The van der Waals surface area contributed by atoms with E-state index in [1.807, 2.05) is 0 Å². The van der Waals surface area contributed by atoms with Gasteiger partial charge in [-0.2, -0.15) is 0 Å². The number of carbonyl (C=O) groups is 1. The first kappa shape index (κ1) is 11.2. The summed E-state index contributed by atoms with van der Waals surface area (Å²) in [4.78, 5) is 10.4.